The third-order valence-corrected chi connectivity index (χ3v) is 4.15. The summed E-state index contributed by atoms with van der Waals surface area (Å²) in [7, 11) is 0. The number of Topliss-reactive ketones (excluding diaryl/α,β-unsaturated/α-hetero) is 1. The highest BCUT2D eigenvalue weighted by Crippen LogP contribution is 2.35. The fraction of sp³-hybridized carbons (Fsp3) is 0.0952. The van der Waals surface area contributed by atoms with E-state index in [9.17, 15) is 14.9 Å². The van der Waals surface area contributed by atoms with Crippen molar-refractivity contribution in [2.24, 2.45) is 0 Å². The average Bonchev–Trinajstić information content (AvgIpc) is 2.64. The average molecular weight is 331 g/mol. The van der Waals surface area contributed by atoms with Crippen molar-refractivity contribution < 1.29 is 9.72 Å². The van der Waals surface area contributed by atoms with Crippen LogP contribution in [0, 0.1) is 17.0 Å². The van der Waals surface area contributed by atoms with Gasteiger partial charge in [-0.2, -0.15) is 0 Å². The number of hydrogen-bond donors (Lipinski definition) is 0. The second kappa shape index (κ2) is 7.09. The summed E-state index contributed by atoms with van der Waals surface area (Å²) in [4.78, 5) is 24.3. The number of carbonyl (C=O) groups excluding carboxylic acids is 1. The van der Waals surface area contributed by atoms with Gasteiger partial charge >= 0.3 is 0 Å². The Hall–Kier alpha value is -3.27. The minimum Gasteiger partial charge on any atom is -0.293 e. The molecule has 4 nitrogen and oxygen atoms in total. The van der Waals surface area contributed by atoms with E-state index >= 15 is 0 Å². The maximum absolute atomic E-state index is 13.2. The SMILES string of the molecule is Cc1ccc(C(C(=O)c2ccccc2)c2ccccc2)c([N+](=O)[O-])c1. The topological polar surface area (TPSA) is 60.2 Å². The maximum atomic E-state index is 13.2. The van der Waals surface area contributed by atoms with Gasteiger partial charge in [0.15, 0.2) is 5.78 Å². The molecule has 4 heteroatoms. The smallest absolute Gasteiger partial charge is 0.273 e. The predicted octanol–water partition coefficient (Wildman–Crippen LogP) is 4.92. The molecule has 3 rings (SSSR count). The van der Waals surface area contributed by atoms with Gasteiger partial charge < -0.3 is 0 Å². The van der Waals surface area contributed by atoms with E-state index in [0.29, 0.717) is 11.1 Å². The predicted molar refractivity (Wildman–Crippen MR) is 96.9 cm³/mol. The van der Waals surface area contributed by atoms with Crippen molar-refractivity contribution in [3.63, 3.8) is 0 Å². The summed E-state index contributed by atoms with van der Waals surface area (Å²) in [6.45, 7) is 1.80. The van der Waals surface area contributed by atoms with Crippen molar-refractivity contribution in [1.82, 2.24) is 0 Å². The Morgan fingerprint density at radius 3 is 2.12 bits per heavy atom. The molecule has 0 radical (unpaired) electrons. The highest BCUT2D eigenvalue weighted by atomic mass is 16.6. The zero-order valence-electron chi connectivity index (χ0n) is 13.8. The molecule has 124 valence electrons. The van der Waals surface area contributed by atoms with Crippen molar-refractivity contribution in [2.75, 3.05) is 0 Å². The van der Waals surface area contributed by atoms with Crippen LogP contribution in [0.4, 0.5) is 5.69 Å². The van der Waals surface area contributed by atoms with Crippen molar-refractivity contribution in [3.8, 4) is 0 Å². The lowest BCUT2D eigenvalue weighted by Gasteiger charge is -2.17. The van der Waals surface area contributed by atoms with Gasteiger partial charge in [-0.3, -0.25) is 14.9 Å². The van der Waals surface area contributed by atoms with E-state index in [1.54, 1.807) is 43.3 Å². The standard InChI is InChI=1S/C21H17NO3/c1-15-12-13-18(19(14-15)22(24)25)20(16-8-4-2-5-9-16)21(23)17-10-6-3-7-11-17/h2-14,20H,1H3. The molecule has 0 aromatic heterocycles. The molecule has 1 atom stereocenters. The summed E-state index contributed by atoms with van der Waals surface area (Å²) < 4.78 is 0. The van der Waals surface area contributed by atoms with Crippen LogP contribution in [0.3, 0.4) is 0 Å². The first-order valence-electron chi connectivity index (χ1n) is 7.97. The minimum atomic E-state index is -0.718. The Morgan fingerprint density at radius 2 is 1.52 bits per heavy atom. The van der Waals surface area contributed by atoms with Gasteiger partial charge in [-0.25, -0.2) is 0 Å². The van der Waals surface area contributed by atoms with Gasteiger partial charge in [-0.05, 0) is 18.1 Å². The first-order valence-corrected chi connectivity index (χ1v) is 7.97. The molecule has 25 heavy (non-hydrogen) atoms. The van der Waals surface area contributed by atoms with E-state index in [4.69, 9.17) is 0 Å². The number of nitrogens with zero attached hydrogens (tertiary/aromatic N) is 1. The van der Waals surface area contributed by atoms with Gasteiger partial charge in [0.05, 0.1) is 10.8 Å². The lowest BCUT2D eigenvalue weighted by atomic mass is 9.83. The molecule has 0 fully saturated rings. The molecular weight excluding hydrogens is 314 g/mol. The first kappa shape index (κ1) is 16.6. The zero-order chi connectivity index (χ0) is 17.8. The highest BCUT2D eigenvalue weighted by Gasteiger charge is 2.30. The fourth-order valence-corrected chi connectivity index (χ4v) is 2.94. The Bertz CT molecular complexity index is 905. The number of benzene rings is 3. The number of ketones is 1. The van der Waals surface area contributed by atoms with Gasteiger partial charge in [0.25, 0.3) is 5.69 Å². The zero-order valence-corrected chi connectivity index (χ0v) is 13.8. The molecule has 0 aliphatic carbocycles. The van der Waals surface area contributed by atoms with Crippen LogP contribution in [0.5, 0.6) is 0 Å². The molecule has 0 N–H and O–H groups in total. The van der Waals surface area contributed by atoms with E-state index in [0.717, 1.165) is 11.1 Å². The van der Waals surface area contributed by atoms with Crippen molar-refractivity contribution in [2.45, 2.75) is 12.8 Å². The molecule has 0 saturated carbocycles. The van der Waals surface area contributed by atoms with E-state index in [-0.39, 0.29) is 11.5 Å². The van der Waals surface area contributed by atoms with Crippen LogP contribution in [0.15, 0.2) is 78.9 Å². The summed E-state index contributed by atoms with van der Waals surface area (Å²) in [6.07, 6.45) is 0. The number of aryl methyl sites for hydroxylation is 1. The quantitative estimate of drug-likeness (QED) is 0.379. The summed E-state index contributed by atoms with van der Waals surface area (Å²) in [5.41, 5.74) is 2.44. The van der Waals surface area contributed by atoms with E-state index in [2.05, 4.69) is 0 Å². The molecule has 1 unspecified atom stereocenters. The highest BCUT2D eigenvalue weighted by molar-refractivity contribution is 6.03. The number of carbonyl (C=O) groups is 1. The normalized spacial score (nSPS) is 11.7. The van der Waals surface area contributed by atoms with Crippen LogP contribution in [0.25, 0.3) is 0 Å². The molecule has 0 heterocycles. The second-order valence-corrected chi connectivity index (χ2v) is 5.89. The number of nitro benzene ring substituents is 1. The van der Waals surface area contributed by atoms with Gasteiger partial charge in [0.1, 0.15) is 0 Å². The Kier molecular flexibility index (Phi) is 4.70. The molecular formula is C21H17NO3. The monoisotopic (exact) mass is 331 g/mol. The van der Waals surface area contributed by atoms with Crippen LogP contribution >= 0.6 is 0 Å². The minimum absolute atomic E-state index is 0.0295. The van der Waals surface area contributed by atoms with E-state index in [1.807, 2.05) is 36.4 Å². The molecule has 3 aromatic rings. The van der Waals surface area contributed by atoms with Gasteiger partial charge in [-0.1, -0.05) is 72.8 Å². The molecule has 0 aliphatic heterocycles. The largest absolute Gasteiger partial charge is 0.293 e. The van der Waals surface area contributed by atoms with Gasteiger partial charge in [-0.15, -0.1) is 0 Å². The summed E-state index contributed by atoms with van der Waals surface area (Å²) in [5, 5.41) is 11.6. The summed E-state index contributed by atoms with van der Waals surface area (Å²) in [6, 6.07) is 23.1. The van der Waals surface area contributed by atoms with E-state index in [1.165, 1.54) is 6.07 Å². The van der Waals surface area contributed by atoms with Crippen molar-refractivity contribution >= 4 is 11.5 Å². The summed E-state index contributed by atoms with van der Waals surface area (Å²) in [5.74, 6) is -0.872. The van der Waals surface area contributed by atoms with Gasteiger partial charge in [0.2, 0.25) is 0 Å². The first-order chi connectivity index (χ1) is 12.1. The van der Waals surface area contributed by atoms with Crippen LogP contribution in [-0.4, -0.2) is 10.7 Å². The molecule has 0 saturated heterocycles. The van der Waals surface area contributed by atoms with Crippen LogP contribution in [0.1, 0.15) is 33.0 Å². The number of rotatable bonds is 5. The Balaban J connectivity index is 2.20. The van der Waals surface area contributed by atoms with Crippen LogP contribution in [-0.2, 0) is 0 Å². The number of hydrogen-bond acceptors (Lipinski definition) is 3. The Labute approximate surface area is 145 Å². The third-order valence-electron chi connectivity index (χ3n) is 4.15. The molecule has 0 spiro atoms. The van der Waals surface area contributed by atoms with E-state index < -0.39 is 10.8 Å². The third kappa shape index (κ3) is 3.48. The molecule has 3 aromatic carbocycles. The lowest BCUT2D eigenvalue weighted by molar-refractivity contribution is -0.385. The lowest BCUT2D eigenvalue weighted by Crippen LogP contribution is -2.16. The van der Waals surface area contributed by atoms with Crippen molar-refractivity contribution in [1.29, 1.82) is 0 Å². The summed E-state index contributed by atoms with van der Waals surface area (Å²) >= 11 is 0. The Morgan fingerprint density at radius 1 is 0.920 bits per heavy atom. The molecule has 0 amide bonds. The van der Waals surface area contributed by atoms with Crippen LogP contribution in [0.2, 0.25) is 0 Å². The fourth-order valence-electron chi connectivity index (χ4n) is 2.94. The van der Waals surface area contributed by atoms with Crippen molar-refractivity contribution in [3.05, 3.63) is 111 Å². The van der Waals surface area contributed by atoms with Crippen LogP contribution < -0.4 is 0 Å². The number of nitro groups is 1. The maximum Gasteiger partial charge on any atom is 0.273 e. The molecule has 0 aliphatic rings. The van der Waals surface area contributed by atoms with Gasteiger partial charge in [0, 0.05) is 17.2 Å². The molecule has 0 bridgehead atoms. The second-order valence-electron chi connectivity index (χ2n) is 5.89.